The molecule has 0 saturated carbocycles. The molecule has 1 saturated heterocycles. The lowest BCUT2D eigenvalue weighted by Crippen LogP contribution is -2.53. The minimum absolute atomic E-state index is 0.00804. The number of nitrogens with one attached hydrogen (secondary N) is 2. The number of rotatable bonds is 4. The van der Waals surface area contributed by atoms with Crippen LogP contribution < -0.4 is 21.1 Å². The van der Waals surface area contributed by atoms with Crippen LogP contribution in [0.1, 0.15) is 22.3 Å². The normalized spacial score (nSPS) is 21.9. The lowest BCUT2D eigenvalue weighted by Gasteiger charge is -2.31. The average molecular weight is 293 g/mol. The molecule has 2 atom stereocenters. The molecule has 6 nitrogen and oxygen atoms in total. The van der Waals surface area contributed by atoms with Crippen molar-refractivity contribution in [2.45, 2.75) is 25.5 Å². The van der Waals surface area contributed by atoms with E-state index in [2.05, 4.69) is 10.6 Å². The molecule has 0 bridgehead atoms. The van der Waals surface area contributed by atoms with E-state index < -0.39 is 0 Å². The number of carbonyl (C=O) groups is 1. The van der Waals surface area contributed by atoms with E-state index in [-0.39, 0.29) is 18.1 Å². The van der Waals surface area contributed by atoms with Crippen LogP contribution >= 0.6 is 0 Å². The summed E-state index contributed by atoms with van der Waals surface area (Å²) in [7, 11) is 3.19. The largest absolute Gasteiger partial charge is 0.496 e. The fourth-order valence-electron chi connectivity index (χ4n) is 2.54. The van der Waals surface area contributed by atoms with Gasteiger partial charge in [-0.3, -0.25) is 4.79 Å². The third kappa shape index (κ3) is 3.46. The monoisotopic (exact) mass is 293 g/mol. The summed E-state index contributed by atoms with van der Waals surface area (Å²) in [6, 6.07) is 3.43. The van der Waals surface area contributed by atoms with Gasteiger partial charge >= 0.3 is 0 Å². The number of nitrogens with two attached hydrogens (primary N) is 1. The summed E-state index contributed by atoms with van der Waals surface area (Å²) in [6.07, 6.45) is 0.809. The second kappa shape index (κ2) is 6.78. The minimum atomic E-state index is -0.163. The SMILES string of the molecule is COc1cc(N)c(C)cc1C(=O)NC1CCNCC1OC. The van der Waals surface area contributed by atoms with Gasteiger partial charge in [0, 0.05) is 25.4 Å². The molecule has 1 amide bonds. The van der Waals surface area contributed by atoms with Crippen molar-refractivity contribution in [2.75, 3.05) is 33.0 Å². The van der Waals surface area contributed by atoms with E-state index in [1.165, 1.54) is 7.11 Å². The van der Waals surface area contributed by atoms with Gasteiger partial charge < -0.3 is 25.8 Å². The molecule has 0 aliphatic carbocycles. The number of nitrogen functional groups attached to an aromatic ring is 1. The maximum absolute atomic E-state index is 12.5. The predicted octanol–water partition coefficient (Wildman–Crippen LogP) is 0.693. The lowest BCUT2D eigenvalue weighted by molar-refractivity contribution is 0.0476. The van der Waals surface area contributed by atoms with E-state index in [0.29, 0.717) is 17.0 Å². The number of hydrogen-bond donors (Lipinski definition) is 3. The van der Waals surface area contributed by atoms with Gasteiger partial charge in [0.15, 0.2) is 0 Å². The first kappa shape index (κ1) is 15.6. The fourth-order valence-corrected chi connectivity index (χ4v) is 2.54. The number of piperidine rings is 1. The summed E-state index contributed by atoms with van der Waals surface area (Å²) in [5.41, 5.74) is 7.82. The van der Waals surface area contributed by atoms with Crippen LogP contribution in [-0.2, 0) is 4.74 Å². The first-order chi connectivity index (χ1) is 10.1. The van der Waals surface area contributed by atoms with E-state index in [1.54, 1.807) is 19.2 Å². The Kier molecular flexibility index (Phi) is 5.03. The third-order valence-corrected chi connectivity index (χ3v) is 3.88. The van der Waals surface area contributed by atoms with E-state index >= 15 is 0 Å². The predicted molar refractivity (Wildman–Crippen MR) is 81.7 cm³/mol. The molecule has 1 aromatic carbocycles. The van der Waals surface area contributed by atoms with Crippen molar-refractivity contribution >= 4 is 11.6 Å². The Balaban J connectivity index is 2.18. The van der Waals surface area contributed by atoms with Crippen molar-refractivity contribution in [3.63, 3.8) is 0 Å². The number of amides is 1. The van der Waals surface area contributed by atoms with Gasteiger partial charge in [-0.25, -0.2) is 0 Å². The van der Waals surface area contributed by atoms with Crippen LogP contribution in [0, 0.1) is 6.92 Å². The molecule has 1 fully saturated rings. The smallest absolute Gasteiger partial charge is 0.255 e. The highest BCUT2D eigenvalue weighted by Gasteiger charge is 2.27. The highest BCUT2D eigenvalue weighted by atomic mass is 16.5. The standard InChI is InChI=1S/C15H23N3O3/c1-9-6-10(13(20-2)7-11(9)16)15(19)18-12-4-5-17-8-14(12)21-3/h6-7,12,14,17H,4-5,8,16H2,1-3H3,(H,18,19). The zero-order valence-electron chi connectivity index (χ0n) is 12.7. The van der Waals surface area contributed by atoms with E-state index in [1.807, 2.05) is 6.92 Å². The number of benzene rings is 1. The summed E-state index contributed by atoms with van der Waals surface area (Å²) in [5.74, 6) is 0.322. The summed E-state index contributed by atoms with van der Waals surface area (Å²) in [4.78, 5) is 12.5. The van der Waals surface area contributed by atoms with Gasteiger partial charge in [0.2, 0.25) is 0 Å². The van der Waals surface area contributed by atoms with Crippen molar-refractivity contribution in [3.05, 3.63) is 23.3 Å². The number of aryl methyl sites for hydroxylation is 1. The molecule has 2 unspecified atom stereocenters. The number of ether oxygens (including phenoxy) is 2. The summed E-state index contributed by atoms with van der Waals surface area (Å²) in [5, 5.41) is 6.28. The number of hydrogen-bond acceptors (Lipinski definition) is 5. The van der Waals surface area contributed by atoms with E-state index in [4.69, 9.17) is 15.2 Å². The second-order valence-electron chi connectivity index (χ2n) is 5.26. The fraction of sp³-hybridized carbons (Fsp3) is 0.533. The van der Waals surface area contributed by atoms with Crippen LogP contribution in [0.3, 0.4) is 0 Å². The van der Waals surface area contributed by atoms with Crippen molar-refractivity contribution in [1.29, 1.82) is 0 Å². The molecule has 6 heteroatoms. The zero-order chi connectivity index (χ0) is 15.4. The van der Waals surface area contributed by atoms with Gasteiger partial charge in [-0.2, -0.15) is 0 Å². The van der Waals surface area contributed by atoms with Gasteiger partial charge in [0.05, 0.1) is 24.8 Å². The van der Waals surface area contributed by atoms with Crippen LogP contribution in [0.2, 0.25) is 0 Å². The molecule has 4 N–H and O–H groups in total. The molecule has 0 radical (unpaired) electrons. The number of methoxy groups -OCH3 is 2. The van der Waals surface area contributed by atoms with Gasteiger partial charge in [-0.1, -0.05) is 0 Å². The van der Waals surface area contributed by atoms with Gasteiger partial charge in [-0.05, 0) is 31.5 Å². The molecule has 0 aromatic heterocycles. The quantitative estimate of drug-likeness (QED) is 0.711. The molecular weight excluding hydrogens is 270 g/mol. The van der Waals surface area contributed by atoms with Crippen LogP contribution in [-0.4, -0.2) is 45.4 Å². The minimum Gasteiger partial charge on any atom is -0.496 e. The highest BCUT2D eigenvalue weighted by molar-refractivity contribution is 5.98. The average Bonchev–Trinajstić information content (AvgIpc) is 2.50. The van der Waals surface area contributed by atoms with Crippen LogP contribution in [0.25, 0.3) is 0 Å². The van der Waals surface area contributed by atoms with Crippen molar-refractivity contribution in [1.82, 2.24) is 10.6 Å². The Labute approximate surface area is 125 Å². The summed E-state index contributed by atoms with van der Waals surface area (Å²) >= 11 is 0. The number of carbonyl (C=O) groups excluding carboxylic acids is 1. The molecule has 1 aliphatic rings. The van der Waals surface area contributed by atoms with E-state index in [0.717, 1.165) is 25.1 Å². The Bertz CT molecular complexity index is 519. The van der Waals surface area contributed by atoms with Gasteiger partial charge in [0.25, 0.3) is 5.91 Å². The Morgan fingerprint density at radius 1 is 1.43 bits per heavy atom. The third-order valence-electron chi connectivity index (χ3n) is 3.88. The molecule has 21 heavy (non-hydrogen) atoms. The molecule has 0 spiro atoms. The van der Waals surface area contributed by atoms with Crippen LogP contribution in [0.5, 0.6) is 5.75 Å². The first-order valence-corrected chi connectivity index (χ1v) is 7.05. The molecule has 1 heterocycles. The van der Waals surface area contributed by atoms with Gasteiger partial charge in [-0.15, -0.1) is 0 Å². The molecule has 1 aromatic rings. The first-order valence-electron chi connectivity index (χ1n) is 7.05. The Morgan fingerprint density at radius 3 is 2.86 bits per heavy atom. The van der Waals surface area contributed by atoms with E-state index in [9.17, 15) is 4.79 Å². The van der Waals surface area contributed by atoms with Crippen molar-refractivity contribution in [2.24, 2.45) is 0 Å². The topological polar surface area (TPSA) is 85.6 Å². The van der Waals surface area contributed by atoms with Crippen molar-refractivity contribution < 1.29 is 14.3 Å². The van der Waals surface area contributed by atoms with Crippen LogP contribution in [0.4, 0.5) is 5.69 Å². The second-order valence-corrected chi connectivity index (χ2v) is 5.26. The molecule has 2 rings (SSSR count). The maximum Gasteiger partial charge on any atom is 0.255 e. The highest BCUT2D eigenvalue weighted by Crippen LogP contribution is 2.25. The molecule has 1 aliphatic heterocycles. The lowest BCUT2D eigenvalue weighted by atomic mass is 10.0. The molecular formula is C15H23N3O3. The summed E-state index contributed by atoms with van der Waals surface area (Å²) < 4.78 is 10.7. The van der Waals surface area contributed by atoms with Crippen LogP contribution in [0.15, 0.2) is 12.1 Å². The molecule has 116 valence electrons. The van der Waals surface area contributed by atoms with Gasteiger partial charge in [0.1, 0.15) is 5.75 Å². The summed E-state index contributed by atoms with van der Waals surface area (Å²) in [6.45, 7) is 3.47. The Morgan fingerprint density at radius 2 is 2.19 bits per heavy atom. The van der Waals surface area contributed by atoms with Crippen molar-refractivity contribution in [3.8, 4) is 5.75 Å². The Hall–Kier alpha value is -1.79. The maximum atomic E-state index is 12.5. The zero-order valence-corrected chi connectivity index (χ0v) is 12.7. The number of anilines is 1.